The smallest absolute Gasteiger partial charge is 0.122 e. The Balaban J connectivity index is 3.21. The van der Waals surface area contributed by atoms with Crippen LogP contribution in [0.3, 0.4) is 0 Å². The van der Waals surface area contributed by atoms with Gasteiger partial charge in [-0.2, -0.15) is 0 Å². The van der Waals surface area contributed by atoms with Crippen molar-refractivity contribution in [2.45, 2.75) is 39.3 Å². The van der Waals surface area contributed by atoms with Crippen molar-refractivity contribution in [2.75, 3.05) is 7.11 Å². The molecule has 16 heavy (non-hydrogen) atoms. The molecule has 0 saturated heterocycles. The van der Waals surface area contributed by atoms with Gasteiger partial charge in [-0.25, -0.2) is 0 Å². The van der Waals surface area contributed by atoms with Crippen molar-refractivity contribution in [1.29, 1.82) is 0 Å². The zero-order chi connectivity index (χ0) is 12.5. The maximum atomic E-state index is 6.17. The van der Waals surface area contributed by atoms with Crippen LogP contribution >= 0.6 is 0 Å². The molecule has 0 aromatic heterocycles. The summed E-state index contributed by atoms with van der Waals surface area (Å²) in [7, 11) is 1.67. The zero-order valence-corrected chi connectivity index (χ0v) is 10.8. The van der Waals surface area contributed by atoms with Gasteiger partial charge in [-0.15, -0.1) is 0 Å². The maximum Gasteiger partial charge on any atom is 0.122 e. The summed E-state index contributed by atoms with van der Waals surface area (Å²) in [5, 5.41) is 0. The highest BCUT2D eigenvalue weighted by atomic mass is 16.5. The molecule has 3 nitrogen and oxygen atoms in total. The van der Waals surface area contributed by atoms with E-state index in [-0.39, 0.29) is 6.04 Å². The number of hydrogen-bond acceptors (Lipinski definition) is 3. The average Bonchev–Trinajstić information content (AvgIpc) is 2.18. The zero-order valence-electron chi connectivity index (χ0n) is 10.8. The van der Waals surface area contributed by atoms with Crippen molar-refractivity contribution in [2.24, 2.45) is 11.5 Å². The van der Waals surface area contributed by atoms with Gasteiger partial charge in [0.2, 0.25) is 0 Å². The van der Waals surface area contributed by atoms with Crippen molar-refractivity contribution >= 4 is 0 Å². The van der Waals surface area contributed by atoms with Gasteiger partial charge in [0.15, 0.2) is 0 Å². The fourth-order valence-corrected chi connectivity index (χ4v) is 1.77. The van der Waals surface area contributed by atoms with E-state index < -0.39 is 5.54 Å². The quantitative estimate of drug-likeness (QED) is 0.822. The minimum Gasteiger partial charge on any atom is -0.496 e. The summed E-state index contributed by atoms with van der Waals surface area (Å²) in [4.78, 5) is 0. The van der Waals surface area contributed by atoms with Crippen molar-refractivity contribution in [3.8, 4) is 5.75 Å². The van der Waals surface area contributed by atoms with E-state index in [9.17, 15) is 0 Å². The molecule has 0 aliphatic rings. The fourth-order valence-electron chi connectivity index (χ4n) is 1.77. The second-order valence-electron chi connectivity index (χ2n) is 4.98. The molecule has 1 rings (SSSR count). The third-order valence-electron chi connectivity index (χ3n) is 2.92. The summed E-state index contributed by atoms with van der Waals surface area (Å²) >= 11 is 0. The number of hydrogen-bond donors (Lipinski definition) is 2. The highest BCUT2D eigenvalue weighted by molar-refractivity contribution is 5.43. The molecule has 0 aliphatic carbocycles. The van der Waals surface area contributed by atoms with Gasteiger partial charge < -0.3 is 16.2 Å². The molecule has 0 radical (unpaired) electrons. The van der Waals surface area contributed by atoms with Crippen molar-refractivity contribution in [3.05, 3.63) is 28.8 Å². The van der Waals surface area contributed by atoms with Gasteiger partial charge in [0.1, 0.15) is 5.75 Å². The molecule has 0 amide bonds. The van der Waals surface area contributed by atoms with Crippen LogP contribution < -0.4 is 16.2 Å². The van der Waals surface area contributed by atoms with Gasteiger partial charge in [0.25, 0.3) is 0 Å². The van der Waals surface area contributed by atoms with E-state index in [1.54, 1.807) is 7.11 Å². The Hall–Kier alpha value is -1.06. The Morgan fingerprint density at radius 3 is 2.19 bits per heavy atom. The van der Waals surface area contributed by atoms with Crippen LogP contribution in [0, 0.1) is 13.8 Å². The Bertz CT molecular complexity index is 380. The molecule has 0 fully saturated rings. The summed E-state index contributed by atoms with van der Waals surface area (Å²) < 4.78 is 5.27. The minimum absolute atomic E-state index is 0.169. The van der Waals surface area contributed by atoms with Crippen LogP contribution in [0.4, 0.5) is 0 Å². The summed E-state index contributed by atoms with van der Waals surface area (Å²) in [5.41, 5.74) is 15.1. The van der Waals surface area contributed by atoms with Gasteiger partial charge >= 0.3 is 0 Å². The van der Waals surface area contributed by atoms with Gasteiger partial charge in [-0.3, -0.25) is 0 Å². The first-order valence-corrected chi connectivity index (χ1v) is 5.47. The Morgan fingerprint density at radius 1 is 1.19 bits per heavy atom. The molecule has 0 heterocycles. The number of aryl methyl sites for hydroxylation is 2. The molecule has 1 unspecified atom stereocenters. The Morgan fingerprint density at radius 2 is 1.75 bits per heavy atom. The summed E-state index contributed by atoms with van der Waals surface area (Å²) in [5.74, 6) is 0.892. The Labute approximate surface area is 97.8 Å². The normalized spacial score (nSPS) is 13.7. The standard InChI is InChI=1S/C13H22N2O/c1-8-7-11(16-5)9(2)6-10(8)12(14)13(3,4)15/h6-7,12H,14-15H2,1-5H3. The molecule has 0 spiro atoms. The first-order valence-electron chi connectivity index (χ1n) is 5.47. The SMILES string of the molecule is COc1cc(C)c(C(N)C(C)(C)N)cc1C. The lowest BCUT2D eigenvalue weighted by molar-refractivity contribution is 0.405. The number of methoxy groups -OCH3 is 1. The van der Waals surface area contributed by atoms with Gasteiger partial charge in [0.05, 0.1) is 7.11 Å². The van der Waals surface area contributed by atoms with E-state index in [4.69, 9.17) is 16.2 Å². The third kappa shape index (κ3) is 2.54. The average molecular weight is 222 g/mol. The third-order valence-corrected chi connectivity index (χ3v) is 2.92. The lowest BCUT2D eigenvalue weighted by atomic mass is 9.87. The molecule has 90 valence electrons. The molecule has 3 heteroatoms. The summed E-state index contributed by atoms with van der Waals surface area (Å²) in [6.07, 6.45) is 0. The lowest BCUT2D eigenvalue weighted by Gasteiger charge is -2.29. The van der Waals surface area contributed by atoms with Crippen LogP contribution in [0.15, 0.2) is 12.1 Å². The van der Waals surface area contributed by atoms with E-state index in [1.807, 2.05) is 33.8 Å². The van der Waals surface area contributed by atoms with E-state index in [0.29, 0.717) is 0 Å². The van der Waals surface area contributed by atoms with E-state index in [2.05, 4.69) is 6.07 Å². The molecule has 1 atom stereocenters. The topological polar surface area (TPSA) is 61.3 Å². The van der Waals surface area contributed by atoms with Crippen molar-refractivity contribution in [3.63, 3.8) is 0 Å². The van der Waals surface area contributed by atoms with Crippen molar-refractivity contribution < 1.29 is 4.74 Å². The molecular weight excluding hydrogens is 200 g/mol. The Kier molecular flexibility index (Phi) is 3.61. The van der Waals surface area contributed by atoms with E-state index in [0.717, 1.165) is 22.4 Å². The van der Waals surface area contributed by atoms with Crippen LogP contribution in [-0.4, -0.2) is 12.6 Å². The van der Waals surface area contributed by atoms with Gasteiger partial charge in [0, 0.05) is 11.6 Å². The van der Waals surface area contributed by atoms with Gasteiger partial charge in [-0.1, -0.05) is 6.07 Å². The van der Waals surface area contributed by atoms with E-state index >= 15 is 0 Å². The molecule has 0 aliphatic heterocycles. The van der Waals surface area contributed by atoms with Crippen LogP contribution in [0.2, 0.25) is 0 Å². The number of benzene rings is 1. The second-order valence-corrected chi connectivity index (χ2v) is 4.98. The lowest BCUT2D eigenvalue weighted by Crippen LogP contribution is -2.44. The fraction of sp³-hybridized carbons (Fsp3) is 0.538. The summed E-state index contributed by atoms with van der Waals surface area (Å²) in [6.45, 7) is 7.92. The van der Waals surface area contributed by atoms with E-state index in [1.165, 1.54) is 0 Å². The molecular formula is C13H22N2O. The first kappa shape index (κ1) is 13.0. The molecule has 4 N–H and O–H groups in total. The van der Waals surface area contributed by atoms with Crippen LogP contribution in [0.1, 0.15) is 36.6 Å². The number of ether oxygens (including phenoxy) is 1. The van der Waals surface area contributed by atoms with Crippen LogP contribution in [0.5, 0.6) is 5.75 Å². The molecule has 0 saturated carbocycles. The van der Waals surface area contributed by atoms with Crippen LogP contribution in [0.25, 0.3) is 0 Å². The number of nitrogens with two attached hydrogens (primary N) is 2. The monoisotopic (exact) mass is 222 g/mol. The largest absolute Gasteiger partial charge is 0.496 e. The predicted octanol–water partition coefficient (Wildman–Crippen LogP) is 2.05. The molecule has 1 aromatic carbocycles. The first-order chi connectivity index (χ1) is 7.27. The predicted molar refractivity (Wildman–Crippen MR) is 67.7 cm³/mol. The summed E-state index contributed by atoms with van der Waals surface area (Å²) in [6, 6.07) is 3.90. The maximum absolute atomic E-state index is 6.17. The van der Waals surface area contributed by atoms with Crippen LogP contribution in [-0.2, 0) is 0 Å². The minimum atomic E-state index is -0.425. The van der Waals surface area contributed by atoms with Gasteiger partial charge in [-0.05, 0) is 50.5 Å². The highest BCUT2D eigenvalue weighted by Crippen LogP contribution is 2.29. The molecule has 0 bridgehead atoms. The van der Waals surface area contributed by atoms with Crippen molar-refractivity contribution in [1.82, 2.24) is 0 Å². The molecule has 1 aromatic rings. The number of rotatable bonds is 3. The highest BCUT2D eigenvalue weighted by Gasteiger charge is 2.24. The second kappa shape index (κ2) is 4.44.